The summed E-state index contributed by atoms with van der Waals surface area (Å²) in [6.07, 6.45) is 0. The molecule has 0 aliphatic carbocycles. The van der Waals surface area contributed by atoms with Crippen molar-refractivity contribution >= 4 is 27.3 Å². The first-order valence-corrected chi connectivity index (χ1v) is 9.26. The molecule has 0 radical (unpaired) electrons. The van der Waals surface area contributed by atoms with E-state index in [1.165, 1.54) is 12.1 Å². The minimum absolute atomic E-state index is 0.104. The second-order valence-corrected chi connectivity index (χ2v) is 8.28. The van der Waals surface area contributed by atoms with Crippen LogP contribution < -0.4 is 4.72 Å². The number of hydrogen-bond acceptors (Lipinski definition) is 6. The summed E-state index contributed by atoms with van der Waals surface area (Å²) in [5, 5.41) is 10.8. The number of nitrogens with zero attached hydrogens (tertiary/aromatic N) is 2. The molecule has 1 heterocycles. The molecule has 10 heteroatoms. The van der Waals surface area contributed by atoms with Crippen molar-refractivity contribution in [2.45, 2.75) is 24.3 Å². The molecule has 1 saturated heterocycles. The Hall–Kier alpha value is -1.26. The molecular weight excluding hydrogens is 358 g/mol. The van der Waals surface area contributed by atoms with Gasteiger partial charge in [0.2, 0.25) is 10.0 Å². The summed E-state index contributed by atoms with van der Waals surface area (Å²) in [6, 6.07) is 3.42. The molecule has 1 N–H and O–H groups in total. The van der Waals surface area contributed by atoms with Gasteiger partial charge in [-0.25, -0.2) is 13.1 Å². The molecule has 1 aliphatic heterocycles. The number of sulfonamides is 1. The Morgan fingerprint density at radius 2 is 2.00 bits per heavy atom. The van der Waals surface area contributed by atoms with Crippen LogP contribution >= 0.6 is 11.6 Å². The Morgan fingerprint density at radius 3 is 2.58 bits per heavy atom. The average molecular weight is 378 g/mol. The lowest BCUT2D eigenvalue weighted by atomic mass is 10.0. The Kier molecular flexibility index (Phi) is 5.82. The van der Waals surface area contributed by atoms with E-state index in [9.17, 15) is 18.5 Å². The number of ether oxygens (including phenoxy) is 1. The van der Waals surface area contributed by atoms with E-state index in [1.54, 1.807) is 0 Å². The van der Waals surface area contributed by atoms with Gasteiger partial charge < -0.3 is 4.74 Å². The van der Waals surface area contributed by atoms with Crippen molar-refractivity contribution in [2.24, 2.45) is 0 Å². The zero-order chi connectivity index (χ0) is 18.0. The molecule has 134 valence electrons. The number of morpholine rings is 1. The van der Waals surface area contributed by atoms with Crippen LogP contribution in [0.25, 0.3) is 0 Å². The van der Waals surface area contributed by atoms with Crippen LogP contribution in [0.1, 0.15) is 13.8 Å². The van der Waals surface area contributed by atoms with E-state index in [4.69, 9.17) is 16.3 Å². The Bertz CT molecular complexity index is 717. The Labute approximate surface area is 145 Å². The van der Waals surface area contributed by atoms with Crippen molar-refractivity contribution in [3.63, 3.8) is 0 Å². The normalized spacial score (nSPS) is 17.0. The predicted molar refractivity (Wildman–Crippen MR) is 89.8 cm³/mol. The summed E-state index contributed by atoms with van der Waals surface area (Å²) in [7, 11) is -3.88. The van der Waals surface area contributed by atoms with Gasteiger partial charge in [0, 0.05) is 31.2 Å². The summed E-state index contributed by atoms with van der Waals surface area (Å²) < 4.78 is 32.7. The predicted octanol–water partition coefficient (Wildman–Crippen LogP) is 1.64. The second kappa shape index (κ2) is 7.32. The van der Waals surface area contributed by atoms with Gasteiger partial charge in [-0.1, -0.05) is 11.6 Å². The van der Waals surface area contributed by atoms with Gasteiger partial charge in [-0.05, 0) is 26.0 Å². The molecule has 8 nitrogen and oxygen atoms in total. The lowest BCUT2D eigenvalue weighted by molar-refractivity contribution is -0.384. The standard InChI is InChI=1S/C14H20ClN3O5S/c1-14(2,17-5-7-23-8-6-17)10-16-24(21,22)11-3-4-12(15)13(9-11)18(19)20/h3-4,9,16H,5-8,10H2,1-2H3. The van der Waals surface area contributed by atoms with Crippen molar-refractivity contribution in [1.29, 1.82) is 0 Å². The highest BCUT2D eigenvalue weighted by Crippen LogP contribution is 2.27. The van der Waals surface area contributed by atoms with Crippen LogP contribution in [0.3, 0.4) is 0 Å². The van der Waals surface area contributed by atoms with Crippen LogP contribution in [-0.2, 0) is 14.8 Å². The van der Waals surface area contributed by atoms with Gasteiger partial charge in [0.1, 0.15) is 5.02 Å². The van der Waals surface area contributed by atoms with E-state index in [0.29, 0.717) is 13.2 Å². The third-order valence-corrected chi connectivity index (χ3v) is 5.71. The molecule has 0 aromatic heterocycles. The van der Waals surface area contributed by atoms with E-state index in [2.05, 4.69) is 9.62 Å². The number of nitrogens with one attached hydrogen (secondary N) is 1. The number of nitro benzene ring substituents is 1. The maximum absolute atomic E-state index is 12.4. The van der Waals surface area contributed by atoms with Gasteiger partial charge in [0.25, 0.3) is 5.69 Å². The van der Waals surface area contributed by atoms with E-state index < -0.39 is 26.2 Å². The Morgan fingerprint density at radius 1 is 1.38 bits per heavy atom. The van der Waals surface area contributed by atoms with E-state index in [1.807, 2.05) is 13.8 Å². The summed E-state index contributed by atoms with van der Waals surface area (Å²) in [5.74, 6) is 0. The van der Waals surface area contributed by atoms with E-state index >= 15 is 0 Å². The first kappa shape index (κ1) is 19.1. The molecular formula is C14H20ClN3O5S. The fourth-order valence-corrected chi connectivity index (χ4v) is 3.85. The van der Waals surface area contributed by atoms with E-state index in [0.717, 1.165) is 19.2 Å². The fourth-order valence-electron chi connectivity index (χ4n) is 2.43. The van der Waals surface area contributed by atoms with Crippen LogP contribution in [0.15, 0.2) is 23.1 Å². The molecule has 1 aromatic rings. The number of benzene rings is 1. The lowest BCUT2D eigenvalue weighted by Gasteiger charge is -2.40. The van der Waals surface area contributed by atoms with Crippen molar-refractivity contribution in [3.05, 3.63) is 33.3 Å². The average Bonchev–Trinajstić information content (AvgIpc) is 2.54. The van der Waals surface area contributed by atoms with Crippen LogP contribution in [0.5, 0.6) is 0 Å². The Balaban J connectivity index is 2.13. The largest absolute Gasteiger partial charge is 0.379 e. The molecule has 0 bridgehead atoms. The van der Waals surface area contributed by atoms with Crippen molar-refractivity contribution < 1.29 is 18.1 Å². The molecule has 24 heavy (non-hydrogen) atoms. The maximum atomic E-state index is 12.4. The summed E-state index contributed by atoms with van der Waals surface area (Å²) in [6.45, 7) is 6.71. The van der Waals surface area contributed by atoms with Crippen molar-refractivity contribution in [1.82, 2.24) is 9.62 Å². The van der Waals surface area contributed by atoms with Crippen LogP contribution in [-0.4, -0.2) is 56.6 Å². The maximum Gasteiger partial charge on any atom is 0.289 e. The SMILES string of the molecule is CC(C)(CNS(=O)(=O)c1ccc(Cl)c([N+](=O)[O-])c1)N1CCOCC1. The molecule has 1 aliphatic rings. The topological polar surface area (TPSA) is 102 Å². The van der Waals surface area contributed by atoms with Crippen molar-refractivity contribution in [3.8, 4) is 0 Å². The van der Waals surface area contributed by atoms with Crippen molar-refractivity contribution in [2.75, 3.05) is 32.8 Å². The fraction of sp³-hybridized carbons (Fsp3) is 0.571. The van der Waals surface area contributed by atoms with Crippen LogP contribution in [0.4, 0.5) is 5.69 Å². The molecule has 0 spiro atoms. The van der Waals surface area contributed by atoms with Gasteiger partial charge >= 0.3 is 0 Å². The van der Waals surface area contributed by atoms with Gasteiger partial charge in [0.05, 0.1) is 23.0 Å². The number of nitro groups is 1. The zero-order valence-corrected chi connectivity index (χ0v) is 15.1. The first-order valence-electron chi connectivity index (χ1n) is 7.40. The molecule has 2 rings (SSSR count). The quantitative estimate of drug-likeness (QED) is 0.597. The number of hydrogen-bond donors (Lipinski definition) is 1. The zero-order valence-electron chi connectivity index (χ0n) is 13.5. The third-order valence-electron chi connectivity index (χ3n) is 3.99. The number of rotatable bonds is 6. The summed E-state index contributed by atoms with van der Waals surface area (Å²) in [5.41, 5.74) is -0.846. The van der Waals surface area contributed by atoms with Crippen LogP contribution in [0, 0.1) is 10.1 Å². The highest BCUT2D eigenvalue weighted by Gasteiger charge is 2.30. The smallest absolute Gasteiger partial charge is 0.289 e. The molecule has 0 amide bonds. The molecule has 1 fully saturated rings. The molecule has 0 unspecified atom stereocenters. The number of halogens is 1. The summed E-state index contributed by atoms with van der Waals surface area (Å²) >= 11 is 5.72. The first-order chi connectivity index (χ1) is 11.1. The lowest BCUT2D eigenvalue weighted by Crippen LogP contribution is -2.55. The van der Waals surface area contributed by atoms with E-state index in [-0.39, 0.29) is 16.5 Å². The molecule has 1 aromatic carbocycles. The van der Waals surface area contributed by atoms with Gasteiger partial charge in [-0.2, -0.15) is 0 Å². The van der Waals surface area contributed by atoms with Gasteiger partial charge in [-0.15, -0.1) is 0 Å². The highest BCUT2D eigenvalue weighted by molar-refractivity contribution is 7.89. The van der Waals surface area contributed by atoms with Gasteiger partial charge in [0.15, 0.2) is 0 Å². The third kappa shape index (κ3) is 4.42. The minimum atomic E-state index is -3.88. The summed E-state index contributed by atoms with van der Waals surface area (Å²) in [4.78, 5) is 12.2. The molecule has 0 saturated carbocycles. The highest BCUT2D eigenvalue weighted by atomic mass is 35.5. The minimum Gasteiger partial charge on any atom is -0.379 e. The second-order valence-electron chi connectivity index (χ2n) is 6.11. The monoisotopic (exact) mass is 377 g/mol. The van der Waals surface area contributed by atoms with Gasteiger partial charge in [-0.3, -0.25) is 15.0 Å². The molecule has 0 atom stereocenters. The van der Waals surface area contributed by atoms with Crippen LogP contribution in [0.2, 0.25) is 5.02 Å².